The molecule has 0 radical (unpaired) electrons. The van der Waals surface area contributed by atoms with E-state index in [2.05, 4.69) is 49.4 Å². The molecule has 1 aliphatic heterocycles. The second-order valence-corrected chi connectivity index (χ2v) is 7.78. The van der Waals surface area contributed by atoms with Crippen LogP contribution in [0, 0.1) is 0 Å². The standard InChI is InChI=1S/C22H28S/c1-2-3-4-5-6-7-8-11-18-14-15-22-20(16-18)17-19-12-9-10-13-21(19)23-22/h9-10,12-16H,2-8,11,17H2,1H3. The molecule has 0 bridgehead atoms. The first-order chi connectivity index (χ1) is 11.4. The summed E-state index contributed by atoms with van der Waals surface area (Å²) in [7, 11) is 0. The first-order valence-corrected chi connectivity index (χ1v) is 10.1. The third-order valence-electron chi connectivity index (χ3n) is 4.77. The smallest absolute Gasteiger partial charge is 0.0158 e. The summed E-state index contributed by atoms with van der Waals surface area (Å²) in [6.07, 6.45) is 12.1. The lowest BCUT2D eigenvalue weighted by Gasteiger charge is -2.19. The molecule has 0 aromatic heterocycles. The van der Waals surface area contributed by atoms with Crippen molar-refractivity contribution >= 4 is 11.8 Å². The average molecular weight is 325 g/mol. The molecule has 0 saturated heterocycles. The van der Waals surface area contributed by atoms with E-state index < -0.39 is 0 Å². The molecule has 2 aromatic carbocycles. The van der Waals surface area contributed by atoms with Crippen LogP contribution in [0.2, 0.25) is 0 Å². The molecule has 0 amide bonds. The molecule has 1 heterocycles. The fourth-order valence-electron chi connectivity index (χ4n) is 3.39. The predicted molar refractivity (Wildman–Crippen MR) is 102 cm³/mol. The van der Waals surface area contributed by atoms with Gasteiger partial charge >= 0.3 is 0 Å². The highest BCUT2D eigenvalue weighted by molar-refractivity contribution is 7.99. The highest BCUT2D eigenvalue weighted by atomic mass is 32.2. The highest BCUT2D eigenvalue weighted by Crippen LogP contribution is 2.39. The molecule has 0 unspecified atom stereocenters. The lowest BCUT2D eigenvalue weighted by molar-refractivity contribution is 0.589. The van der Waals surface area contributed by atoms with Gasteiger partial charge in [-0.1, -0.05) is 87.5 Å². The second-order valence-electron chi connectivity index (χ2n) is 6.70. The molecule has 122 valence electrons. The topological polar surface area (TPSA) is 0 Å². The number of rotatable bonds is 8. The van der Waals surface area contributed by atoms with Crippen molar-refractivity contribution in [3.8, 4) is 0 Å². The molecule has 0 aliphatic carbocycles. The van der Waals surface area contributed by atoms with Gasteiger partial charge in [0.15, 0.2) is 0 Å². The molecule has 0 fully saturated rings. The average Bonchev–Trinajstić information content (AvgIpc) is 2.59. The van der Waals surface area contributed by atoms with E-state index in [1.807, 2.05) is 11.8 Å². The Morgan fingerprint density at radius 1 is 0.783 bits per heavy atom. The van der Waals surface area contributed by atoms with Crippen LogP contribution < -0.4 is 0 Å². The van der Waals surface area contributed by atoms with Gasteiger partial charge in [0.2, 0.25) is 0 Å². The minimum Gasteiger partial charge on any atom is -0.0895 e. The van der Waals surface area contributed by atoms with Gasteiger partial charge in [0.25, 0.3) is 0 Å². The molecule has 2 aromatic rings. The monoisotopic (exact) mass is 324 g/mol. The van der Waals surface area contributed by atoms with Gasteiger partial charge in [-0.05, 0) is 48.1 Å². The van der Waals surface area contributed by atoms with E-state index in [0.717, 1.165) is 6.42 Å². The lowest BCUT2D eigenvalue weighted by atomic mass is 9.99. The summed E-state index contributed by atoms with van der Waals surface area (Å²) in [4.78, 5) is 2.88. The maximum absolute atomic E-state index is 2.45. The van der Waals surface area contributed by atoms with Crippen molar-refractivity contribution in [2.45, 2.75) is 74.5 Å². The van der Waals surface area contributed by atoms with Crippen molar-refractivity contribution in [3.05, 3.63) is 59.2 Å². The first-order valence-electron chi connectivity index (χ1n) is 9.24. The van der Waals surface area contributed by atoms with Crippen LogP contribution in [0.1, 0.15) is 68.6 Å². The second kappa shape index (κ2) is 8.59. The van der Waals surface area contributed by atoms with Crippen LogP contribution >= 0.6 is 11.8 Å². The molecule has 1 aliphatic rings. The molecule has 3 rings (SSSR count). The molecule has 1 heteroatoms. The summed E-state index contributed by atoms with van der Waals surface area (Å²) in [5.41, 5.74) is 4.53. The van der Waals surface area contributed by atoms with Gasteiger partial charge in [0.05, 0.1) is 0 Å². The van der Waals surface area contributed by atoms with E-state index in [1.165, 1.54) is 77.8 Å². The fraction of sp³-hybridized carbons (Fsp3) is 0.455. The minimum absolute atomic E-state index is 1.10. The fourth-order valence-corrected chi connectivity index (χ4v) is 4.44. The van der Waals surface area contributed by atoms with Crippen LogP contribution in [-0.4, -0.2) is 0 Å². The van der Waals surface area contributed by atoms with Crippen molar-refractivity contribution in [1.82, 2.24) is 0 Å². The van der Waals surface area contributed by atoms with Crippen LogP contribution in [0.3, 0.4) is 0 Å². The molecule has 0 spiro atoms. The number of fused-ring (bicyclic) bond motifs is 2. The van der Waals surface area contributed by atoms with Gasteiger partial charge in [-0.15, -0.1) is 0 Å². The Labute approximate surface area is 145 Å². The Kier molecular flexibility index (Phi) is 6.21. The van der Waals surface area contributed by atoms with Gasteiger partial charge in [0.1, 0.15) is 0 Å². The van der Waals surface area contributed by atoms with Crippen LogP contribution in [0.5, 0.6) is 0 Å². The van der Waals surface area contributed by atoms with E-state index in [4.69, 9.17) is 0 Å². The van der Waals surface area contributed by atoms with E-state index in [-0.39, 0.29) is 0 Å². The lowest BCUT2D eigenvalue weighted by Crippen LogP contribution is -2.00. The summed E-state index contributed by atoms with van der Waals surface area (Å²) >= 11 is 1.93. The molecule has 23 heavy (non-hydrogen) atoms. The SMILES string of the molecule is CCCCCCCCCc1ccc2c(c1)Cc1ccccc1S2. The van der Waals surface area contributed by atoms with E-state index in [9.17, 15) is 0 Å². The Hall–Kier alpha value is -1.21. The van der Waals surface area contributed by atoms with E-state index in [0.29, 0.717) is 0 Å². The summed E-state index contributed by atoms with van der Waals surface area (Å²) in [6, 6.07) is 16.0. The van der Waals surface area contributed by atoms with Crippen molar-refractivity contribution in [3.63, 3.8) is 0 Å². The zero-order valence-corrected chi connectivity index (χ0v) is 15.1. The van der Waals surface area contributed by atoms with Crippen LogP contribution in [0.4, 0.5) is 0 Å². The zero-order chi connectivity index (χ0) is 15.9. The third-order valence-corrected chi connectivity index (χ3v) is 6.00. The normalized spacial score (nSPS) is 12.7. The van der Waals surface area contributed by atoms with E-state index in [1.54, 1.807) is 0 Å². The van der Waals surface area contributed by atoms with Gasteiger partial charge in [-0.25, -0.2) is 0 Å². The summed E-state index contributed by atoms with van der Waals surface area (Å²) in [5, 5.41) is 0. The Bertz CT molecular complexity index is 630. The Balaban J connectivity index is 1.50. The number of aryl methyl sites for hydroxylation is 1. The highest BCUT2D eigenvalue weighted by Gasteiger charge is 2.15. The molecule has 0 atom stereocenters. The van der Waals surface area contributed by atoms with Crippen molar-refractivity contribution in [2.75, 3.05) is 0 Å². The molecule has 0 N–H and O–H groups in total. The van der Waals surface area contributed by atoms with Crippen molar-refractivity contribution in [2.24, 2.45) is 0 Å². The Morgan fingerprint density at radius 2 is 1.52 bits per heavy atom. The van der Waals surface area contributed by atoms with Crippen LogP contribution in [0.25, 0.3) is 0 Å². The largest absolute Gasteiger partial charge is 0.0895 e. The van der Waals surface area contributed by atoms with Crippen LogP contribution in [-0.2, 0) is 12.8 Å². The minimum atomic E-state index is 1.10. The van der Waals surface area contributed by atoms with Crippen molar-refractivity contribution in [1.29, 1.82) is 0 Å². The third kappa shape index (κ3) is 4.64. The van der Waals surface area contributed by atoms with E-state index >= 15 is 0 Å². The van der Waals surface area contributed by atoms with Gasteiger partial charge in [-0.2, -0.15) is 0 Å². The number of unbranched alkanes of at least 4 members (excludes halogenated alkanes) is 6. The maximum atomic E-state index is 2.45. The molecule has 0 nitrogen and oxygen atoms in total. The van der Waals surface area contributed by atoms with Gasteiger partial charge < -0.3 is 0 Å². The van der Waals surface area contributed by atoms with Gasteiger partial charge in [0, 0.05) is 9.79 Å². The molecular formula is C22H28S. The Morgan fingerprint density at radius 3 is 2.39 bits per heavy atom. The molecule has 0 saturated carbocycles. The number of hydrogen-bond acceptors (Lipinski definition) is 1. The van der Waals surface area contributed by atoms with Crippen molar-refractivity contribution < 1.29 is 0 Å². The summed E-state index contributed by atoms with van der Waals surface area (Å²) in [6.45, 7) is 2.28. The zero-order valence-electron chi connectivity index (χ0n) is 14.3. The first kappa shape index (κ1) is 16.6. The molecular weight excluding hydrogens is 296 g/mol. The predicted octanol–water partition coefficient (Wildman–Crippen LogP) is 7.04. The number of hydrogen-bond donors (Lipinski definition) is 0. The van der Waals surface area contributed by atoms with Crippen LogP contribution in [0.15, 0.2) is 52.3 Å². The maximum Gasteiger partial charge on any atom is 0.0158 e. The van der Waals surface area contributed by atoms with Gasteiger partial charge in [-0.3, -0.25) is 0 Å². The quantitative estimate of drug-likeness (QED) is 0.401. The summed E-state index contributed by atoms with van der Waals surface area (Å²) in [5.74, 6) is 0. The summed E-state index contributed by atoms with van der Waals surface area (Å²) < 4.78 is 0. The number of benzene rings is 2.